The van der Waals surface area contributed by atoms with Crippen molar-refractivity contribution in [3.05, 3.63) is 0 Å². The van der Waals surface area contributed by atoms with Gasteiger partial charge in [-0.3, -0.25) is 0 Å². The topological polar surface area (TPSA) is 0 Å². The quantitative estimate of drug-likeness (QED) is 0.526. The molecule has 2 unspecified atom stereocenters. The van der Waals surface area contributed by atoms with E-state index in [4.69, 9.17) is 0 Å². The summed E-state index contributed by atoms with van der Waals surface area (Å²) in [6, 6.07) is 0. The summed E-state index contributed by atoms with van der Waals surface area (Å²) >= 11 is 7.38. The Bertz CT molecular complexity index is 56.1. The molecule has 0 saturated heterocycles. The number of alkyl halides is 2. The molecule has 2 atom stereocenters. The number of rotatable bonds is 4. The van der Waals surface area contributed by atoms with Gasteiger partial charge in [-0.05, 0) is 0 Å². The van der Waals surface area contributed by atoms with E-state index in [1.807, 2.05) is 0 Å². The third-order valence-electron chi connectivity index (χ3n) is 0.695. The zero-order valence-electron chi connectivity index (χ0n) is 5.73. The van der Waals surface area contributed by atoms with Crippen LogP contribution in [0, 0.1) is 0 Å². The first-order chi connectivity index (χ1) is 4.13. The average molecular weight is 372 g/mol. The van der Waals surface area contributed by atoms with Crippen LogP contribution in [-0.2, 0) is 0 Å². The maximum absolute atomic E-state index is 3.54. The summed E-state index contributed by atoms with van der Waals surface area (Å²) in [5.74, 6) is 0. The fraction of sp³-hybridized carbons (Fsp3) is 1.00. The van der Waals surface area contributed by atoms with Crippen molar-refractivity contribution in [2.24, 2.45) is 0 Å². The predicted octanol–water partition coefficient (Wildman–Crippen LogP) is 3.09. The Labute approximate surface area is 84.5 Å². The van der Waals surface area contributed by atoms with E-state index >= 15 is 0 Å². The maximum atomic E-state index is 3.54. The fourth-order valence-electron chi connectivity index (χ4n) is 0.393. The minimum atomic E-state index is 0.293. The minimum absolute atomic E-state index is 0.293. The van der Waals surface area contributed by atoms with Crippen molar-refractivity contribution in [2.75, 3.05) is 0 Å². The fourth-order valence-corrected chi connectivity index (χ4v) is 5.14. The van der Waals surface area contributed by atoms with E-state index in [0.29, 0.717) is 20.9 Å². The molecule has 0 nitrogen and oxygen atoms in total. The Kier molecular flexibility index (Phi) is 7.71. The molecule has 0 N–H and O–H groups in total. The summed E-state index contributed by atoms with van der Waals surface area (Å²) < 4.78 is 2.84. The van der Waals surface area contributed by atoms with Crippen LogP contribution in [0.4, 0.5) is 0 Å². The predicted molar refractivity (Wildman–Crippen MR) is 52.1 cm³/mol. The molecule has 55 valence electrons. The van der Waals surface area contributed by atoms with Crippen LogP contribution >= 0.6 is 31.9 Å². The van der Waals surface area contributed by atoms with Gasteiger partial charge in [0, 0.05) is 0 Å². The van der Waals surface area contributed by atoms with Crippen LogP contribution in [0.15, 0.2) is 0 Å². The third-order valence-corrected chi connectivity index (χ3v) is 8.21. The Morgan fingerprint density at radius 3 is 1.67 bits per heavy atom. The van der Waals surface area contributed by atoms with Gasteiger partial charge < -0.3 is 0 Å². The van der Waals surface area contributed by atoms with Crippen LogP contribution in [0.1, 0.15) is 13.8 Å². The van der Waals surface area contributed by atoms with Gasteiger partial charge in [0.2, 0.25) is 0 Å². The average Bonchev–Trinajstić information content (AvgIpc) is 1.63. The molecule has 0 aromatic carbocycles. The van der Waals surface area contributed by atoms with Crippen molar-refractivity contribution in [2.45, 2.75) is 32.4 Å². The van der Waals surface area contributed by atoms with E-state index < -0.39 is 0 Å². The molecule has 0 rings (SSSR count). The van der Waals surface area contributed by atoms with Crippen LogP contribution in [-0.4, -0.2) is 30.6 Å². The van der Waals surface area contributed by atoms with Crippen LogP contribution in [0.3, 0.4) is 0 Å². The first kappa shape index (κ1) is 10.7. The van der Waals surface area contributed by atoms with Crippen molar-refractivity contribution in [3.63, 3.8) is 0 Å². The van der Waals surface area contributed by atoms with Crippen LogP contribution in [0.25, 0.3) is 0 Å². The molecular formula is C6H12Br2Te+. The van der Waals surface area contributed by atoms with Gasteiger partial charge in [-0.1, -0.05) is 0 Å². The summed E-state index contributed by atoms with van der Waals surface area (Å²) in [5.41, 5.74) is 0. The molecule has 0 amide bonds. The second kappa shape index (κ2) is 6.46. The molecule has 0 aliphatic rings. The second-order valence-corrected chi connectivity index (χ2v) is 8.29. The van der Waals surface area contributed by atoms with Gasteiger partial charge in [0.25, 0.3) is 0 Å². The molecule has 1 radical (unpaired) electrons. The molecule has 9 heavy (non-hydrogen) atoms. The third kappa shape index (κ3) is 9.75. The van der Waals surface area contributed by atoms with Crippen molar-refractivity contribution in [1.82, 2.24) is 0 Å². The summed E-state index contributed by atoms with van der Waals surface area (Å²) in [7, 11) is 0. The SMILES string of the molecule is CC(Br)C[Te+]CC(C)Br. The molecule has 0 fully saturated rings. The Morgan fingerprint density at radius 2 is 1.44 bits per heavy atom. The number of halogens is 2. The normalized spacial score (nSPS) is 17.3. The number of hydrogen-bond donors (Lipinski definition) is 0. The van der Waals surface area contributed by atoms with Crippen LogP contribution in [0.5, 0.6) is 0 Å². The molecule has 0 aliphatic heterocycles. The van der Waals surface area contributed by atoms with Gasteiger partial charge in [-0.25, -0.2) is 0 Å². The van der Waals surface area contributed by atoms with E-state index in [0.717, 1.165) is 9.65 Å². The molecular weight excluding hydrogens is 359 g/mol. The van der Waals surface area contributed by atoms with Gasteiger partial charge in [-0.2, -0.15) is 0 Å². The van der Waals surface area contributed by atoms with Gasteiger partial charge in [-0.15, -0.1) is 0 Å². The molecule has 0 spiro atoms. The molecule has 3 heteroatoms. The zero-order valence-corrected chi connectivity index (χ0v) is 11.2. The van der Waals surface area contributed by atoms with Gasteiger partial charge in [0.15, 0.2) is 0 Å². The monoisotopic (exact) mass is 372 g/mol. The standard InChI is InChI=1S/C6H12Br2Te/c1-5(7)3-9-4-6(2)8/h5-6H,3-4H2,1-2H3/q+1. The molecule has 0 aromatic heterocycles. The first-order valence-corrected chi connectivity index (χ1v) is 8.11. The van der Waals surface area contributed by atoms with Crippen molar-refractivity contribution < 1.29 is 0 Å². The number of hydrogen-bond acceptors (Lipinski definition) is 0. The van der Waals surface area contributed by atoms with E-state index in [-0.39, 0.29) is 0 Å². The zero-order chi connectivity index (χ0) is 7.28. The molecule has 0 heterocycles. The molecule has 0 aliphatic carbocycles. The summed E-state index contributed by atoms with van der Waals surface area (Å²) in [6.07, 6.45) is 0. The van der Waals surface area contributed by atoms with Crippen LogP contribution in [0.2, 0.25) is 8.94 Å². The van der Waals surface area contributed by atoms with Gasteiger partial charge in [0.1, 0.15) is 0 Å². The first-order valence-electron chi connectivity index (χ1n) is 2.98. The molecule has 0 aromatic rings. The van der Waals surface area contributed by atoms with Gasteiger partial charge >= 0.3 is 85.2 Å². The Morgan fingerprint density at radius 1 is 1.11 bits per heavy atom. The van der Waals surface area contributed by atoms with E-state index in [1.54, 1.807) is 0 Å². The van der Waals surface area contributed by atoms with Crippen molar-refractivity contribution in [3.8, 4) is 0 Å². The molecule has 0 saturated carbocycles. The van der Waals surface area contributed by atoms with Gasteiger partial charge in [0.05, 0.1) is 0 Å². The Hall–Kier alpha value is 1.75. The molecule has 0 bridgehead atoms. The Balaban J connectivity index is 2.91. The van der Waals surface area contributed by atoms with E-state index in [1.165, 1.54) is 8.94 Å². The van der Waals surface area contributed by atoms with Crippen LogP contribution < -0.4 is 0 Å². The summed E-state index contributed by atoms with van der Waals surface area (Å²) in [4.78, 5) is 1.48. The van der Waals surface area contributed by atoms with E-state index in [2.05, 4.69) is 45.7 Å². The summed E-state index contributed by atoms with van der Waals surface area (Å²) in [6.45, 7) is 4.45. The van der Waals surface area contributed by atoms with E-state index in [9.17, 15) is 0 Å². The second-order valence-electron chi connectivity index (χ2n) is 2.10. The van der Waals surface area contributed by atoms with Crippen molar-refractivity contribution >= 4 is 52.8 Å². The summed E-state index contributed by atoms with van der Waals surface area (Å²) in [5, 5.41) is 0. The van der Waals surface area contributed by atoms with Crippen molar-refractivity contribution in [1.29, 1.82) is 0 Å².